The summed E-state index contributed by atoms with van der Waals surface area (Å²) in [6.45, 7) is 0.794. The molecule has 0 aromatic heterocycles. The van der Waals surface area contributed by atoms with Crippen molar-refractivity contribution in [3.63, 3.8) is 0 Å². The Kier molecular flexibility index (Phi) is 8.30. The highest BCUT2D eigenvalue weighted by Crippen LogP contribution is 2.17. The summed E-state index contributed by atoms with van der Waals surface area (Å²) in [5.41, 5.74) is 0.978. The molecule has 0 aliphatic heterocycles. The number of carbonyl (C=O) groups excluding carboxylic acids is 1. The monoisotopic (exact) mass is 289 g/mol. The summed E-state index contributed by atoms with van der Waals surface area (Å²) < 4.78 is 12.9. The molecule has 0 bridgehead atoms. The molecular formula is C13H21ClFN3O. The van der Waals surface area contributed by atoms with Crippen LogP contribution in [0.4, 0.5) is 4.39 Å². The van der Waals surface area contributed by atoms with E-state index in [0.29, 0.717) is 13.1 Å². The third kappa shape index (κ3) is 6.00. The zero-order chi connectivity index (χ0) is 13.5. The predicted molar refractivity (Wildman–Crippen MR) is 77.0 cm³/mol. The number of amides is 1. The molecule has 0 saturated carbocycles. The predicted octanol–water partition coefficient (Wildman–Crippen LogP) is 1.19. The van der Waals surface area contributed by atoms with Crippen LogP contribution < -0.4 is 10.6 Å². The maximum absolute atomic E-state index is 12.9. The van der Waals surface area contributed by atoms with Gasteiger partial charge in [0.05, 0.1) is 12.6 Å². The third-order valence-electron chi connectivity index (χ3n) is 2.71. The molecule has 4 nitrogen and oxygen atoms in total. The van der Waals surface area contributed by atoms with Crippen molar-refractivity contribution < 1.29 is 9.18 Å². The summed E-state index contributed by atoms with van der Waals surface area (Å²) in [7, 11) is 5.58. The molecule has 0 saturated heterocycles. The number of halogens is 2. The van der Waals surface area contributed by atoms with Gasteiger partial charge in [-0.25, -0.2) is 4.39 Å². The van der Waals surface area contributed by atoms with Gasteiger partial charge in [0, 0.05) is 6.54 Å². The molecule has 6 heteroatoms. The van der Waals surface area contributed by atoms with Gasteiger partial charge in [-0.2, -0.15) is 0 Å². The lowest BCUT2D eigenvalue weighted by atomic mass is 10.1. The molecule has 1 atom stereocenters. The van der Waals surface area contributed by atoms with E-state index in [9.17, 15) is 9.18 Å². The summed E-state index contributed by atoms with van der Waals surface area (Å²) >= 11 is 0. The van der Waals surface area contributed by atoms with E-state index in [1.165, 1.54) is 12.1 Å². The Morgan fingerprint density at radius 2 is 1.89 bits per heavy atom. The highest BCUT2D eigenvalue weighted by atomic mass is 35.5. The zero-order valence-corrected chi connectivity index (χ0v) is 12.3. The highest BCUT2D eigenvalue weighted by Gasteiger charge is 2.14. The quantitative estimate of drug-likeness (QED) is 0.827. The van der Waals surface area contributed by atoms with E-state index in [0.717, 1.165) is 5.56 Å². The average molecular weight is 290 g/mol. The summed E-state index contributed by atoms with van der Waals surface area (Å²) in [5, 5.41) is 5.63. The fourth-order valence-corrected chi connectivity index (χ4v) is 1.72. The number of nitrogens with zero attached hydrogens (tertiary/aromatic N) is 1. The lowest BCUT2D eigenvalue weighted by Crippen LogP contribution is -2.38. The summed E-state index contributed by atoms with van der Waals surface area (Å²) in [5.74, 6) is -0.304. The maximum atomic E-state index is 12.9. The Bertz CT molecular complexity index is 384. The molecule has 1 aromatic carbocycles. The van der Waals surface area contributed by atoms with E-state index in [4.69, 9.17) is 0 Å². The standard InChI is InChI=1S/C13H20FN3O.ClH/c1-15-9-13(18)16-8-12(17(2)3)10-4-6-11(14)7-5-10;/h4-7,12,15H,8-9H2,1-3H3,(H,16,18);1H. The number of hydrogen-bond donors (Lipinski definition) is 2. The normalized spacial score (nSPS) is 11.8. The summed E-state index contributed by atoms with van der Waals surface area (Å²) in [6.07, 6.45) is 0. The Hall–Kier alpha value is -1.17. The van der Waals surface area contributed by atoms with Gasteiger partial charge in [0.15, 0.2) is 0 Å². The number of likely N-dealkylation sites (N-methyl/N-ethyl adjacent to an activating group) is 2. The van der Waals surface area contributed by atoms with Crippen molar-refractivity contribution in [3.8, 4) is 0 Å². The number of nitrogens with one attached hydrogen (secondary N) is 2. The van der Waals surface area contributed by atoms with Crippen LogP contribution in [-0.4, -0.2) is 45.0 Å². The van der Waals surface area contributed by atoms with Gasteiger partial charge in [0.25, 0.3) is 0 Å². The largest absolute Gasteiger partial charge is 0.353 e. The van der Waals surface area contributed by atoms with E-state index in [1.54, 1.807) is 19.2 Å². The van der Waals surface area contributed by atoms with Gasteiger partial charge in [0.1, 0.15) is 5.82 Å². The Labute approximate surface area is 119 Å². The van der Waals surface area contributed by atoms with E-state index in [-0.39, 0.29) is 30.2 Å². The number of carbonyl (C=O) groups is 1. The van der Waals surface area contributed by atoms with Crippen molar-refractivity contribution in [3.05, 3.63) is 35.6 Å². The van der Waals surface area contributed by atoms with Gasteiger partial charge in [-0.05, 0) is 38.8 Å². The first-order valence-electron chi connectivity index (χ1n) is 5.87. The van der Waals surface area contributed by atoms with Gasteiger partial charge in [-0.3, -0.25) is 4.79 Å². The summed E-state index contributed by atoms with van der Waals surface area (Å²) in [4.78, 5) is 13.4. The first-order chi connectivity index (χ1) is 8.54. The topological polar surface area (TPSA) is 44.4 Å². The number of rotatable bonds is 6. The first kappa shape index (κ1) is 17.8. The molecule has 0 heterocycles. The van der Waals surface area contributed by atoms with Crippen molar-refractivity contribution in [1.29, 1.82) is 0 Å². The SMILES string of the molecule is CNCC(=O)NCC(c1ccc(F)cc1)N(C)C.Cl. The Morgan fingerprint density at radius 1 is 1.32 bits per heavy atom. The van der Waals surface area contributed by atoms with Gasteiger partial charge in [-0.1, -0.05) is 12.1 Å². The molecule has 0 spiro atoms. The molecule has 1 amide bonds. The number of benzene rings is 1. The van der Waals surface area contributed by atoms with Crippen molar-refractivity contribution in [2.24, 2.45) is 0 Å². The average Bonchev–Trinajstić information content (AvgIpc) is 2.31. The fourth-order valence-electron chi connectivity index (χ4n) is 1.72. The van der Waals surface area contributed by atoms with Gasteiger partial charge >= 0.3 is 0 Å². The second-order valence-corrected chi connectivity index (χ2v) is 4.37. The van der Waals surface area contributed by atoms with Crippen LogP contribution in [0.2, 0.25) is 0 Å². The van der Waals surface area contributed by atoms with Crippen LogP contribution in [0.25, 0.3) is 0 Å². The fraction of sp³-hybridized carbons (Fsp3) is 0.462. The van der Waals surface area contributed by atoms with Gasteiger partial charge in [-0.15, -0.1) is 12.4 Å². The molecule has 0 fully saturated rings. The van der Waals surface area contributed by atoms with E-state index < -0.39 is 0 Å². The lowest BCUT2D eigenvalue weighted by molar-refractivity contribution is -0.120. The Balaban J connectivity index is 0.00000324. The third-order valence-corrected chi connectivity index (χ3v) is 2.71. The molecule has 0 aliphatic carbocycles. The molecule has 1 unspecified atom stereocenters. The molecule has 108 valence electrons. The molecular weight excluding hydrogens is 269 g/mol. The second-order valence-electron chi connectivity index (χ2n) is 4.37. The van der Waals surface area contributed by atoms with Crippen LogP contribution in [0, 0.1) is 5.82 Å². The van der Waals surface area contributed by atoms with E-state index in [2.05, 4.69) is 10.6 Å². The smallest absolute Gasteiger partial charge is 0.234 e. The van der Waals surface area contributed by atoms with Crippen molar-refractivity contribution >= 4 is 18.3 Å². The lowest BCUT2D eigenvalue weighted by Gasteiger charge is -2.25. The molecule has 1 aromatic rings. The maximum Gasteiger partial charge on any atom is 0.234 e. The molecule has 19 heavy (non-hydrogen) atoms. The van der Waals surface area contributed by atoms with Crippen molar-refractivity contribution in [2.45, 2.75) is 6.04 Å². The van der Waals surface area contributed by atoms with Gasteiger partial charge < -0.3 is 15.5 Å². The van der Waals surface area contributed by atoms with Crippen LogP contribution in [0.1, 0.15) is 11.6 Å². The zero-order valence-electron chi connectivity index (χ0n) is 11.4. The summed E-state index contributed by atoms with van der Waals surface area (Å²) in [6, 6.07) is 6.38. The van der Waals surface area contributed by atoms with Crippen LogP contribution in [0.3, 0.4) is 0 Å². The molecule has 0 aliphatic rings. The molecule has 2 N–H and O–H groups in total. The number of hydrogen-bond acceptors (Lipinski definition) is 3. The molecule has 1 rings (SSSR count). The van der Waals surface area contributed by atoms with Crippen LogP contribution >= 0.6 is 12.4 Å². The second kappa shape index (κ2) is 8.85. The first-order valence-corrected chi connectivity index (χ1v) is 5.87. The van der Waals surface area contributed by atoms with Gasteiger partial charge in [0.2, 0.25) is 5.91 Å². The van der Waals surface area contributed by atoms with Crippen LogP contribution in [-0.2, 0) is 4.79 Å². The minimum atomic E-state index is -0.254. The van der Waals surface area contributed by atoms with E-state index >= 15 is 0 Å². The van der Waals surface area contributed by atoms with Crippen LogP contribution in [0.5, 0.6) is 0 Å². The van der Waals surface area contributed by atoms with Crippen molar-refractivity contribution in [2.75, 3.05) is 34.2 Å². The van der Waals surface area contributed by atoms with Crippen molar-refractivity contribution in [1.82, 2.24) is 15.5 Å². The Morgan fingerprint density at radius 3 is 2.37 bits per heavy atom. The minimum Gasteiger partial charge on any atom is -0.353 e. The van der Waals surface area contributed by atoms with Crippen LogP contribution in [0.15, 0.2) is 24.3 Å². The molecule has 0 radical (unpaired) electrons. The van der Waals surface area contributed by atoms with E-state index in [1.807, 2.05) is 19.0 Å². The minimum absolute atomic E-state index is 0. The highest BCUT2D eigenvalue weighted by molar-refractivity contribution is 5.85.